The van der Waals surface area contributed by atoms with Crippen LogP contribution < -0.4 is 11.1 Å². The number of fused-ring (bicyclic) bond motifs is 1. The summed E-state index contributed by atoms with van der Waals surface area (Å²) in [5.74, 6) is 0.895. The number of anilines is 1. The number of hydrogen-bond donors (Lipinski definition) is 2. The number of benzene rings is 2. The van der Waals surface area contributed by atoms with Gasteiger partial charge in [0.2, 0.25) is 0 Å². The first-order chi connectivity index (χ1) is 10.3. The standard InChI is InChI=1S/C17H16BrN3/c18-16-6-2-5-15-14(16)7-8-20-17(15)21-11-13-4-1-3-12(9-13)10-19/h1-9H,10-11,19H2,(H,20,21). The molecule has 3 nitrogen and oxygen atoms in total. The minimum absolute atomic E-state index is 0.563. The van der Waals surface area contributed by atoms with Gasteiger partial charge < -0.3 is 11.1 Å². The lowest BCUT2D eigenvalue weighted by molar-refractivity contribution is 1.05. The molecule has 0 saturated heterocycles. The summed E-state index contributed by atoms with van der Waals surface area (Å²) >= 11 is 3.58. The molecule has 4 heteroatoms. The van der Waals surface area contributed by atoms with Crippen LogP contribution in [0.1, 0.15) is 11.1 Å². The topological polar surface area (TPSA) is 50.9 Å². The van der Waals surface area contributed by atoms with E-state index in [1.165, 1.54) is 5.56 Å². The highest BCUT2D eigenvalue weighted by molar-refractivity contribution is 9.10. The fraction of sp³-hybridized carbons (Fsp3) is 0.118. The fourth-order valence-corrected chi connectivity index (χ4v) is 2.86. The molecule has 0 unspecified atom stereocenters. The van der Waals surface area contributed by atoms with Crippen molar-refractivity contribution in [3.63, 3.8) is 0 Å². The molecule has 0 atom stereocenters. The van der Waals surface area contributed by atoms with Gasteiger partial charge in [0.05, 0.1) is 0 Å². The van der Waals surface area contributed by atoms with Crippen molar-refractivity contribution < 1.29 is 0 Å². The fourth-order valence-electron chi connectivity index (χ4n) is 2.36. The summed E-state index contributed by atoms with van der Waals surface area (Å²) in [5, 5.41) is 5.68. The van der Waals surface area contributed by atoms with Crippen molar-refractivity contribution in [1.82, 2.24) is 4.98 Å². The summed E-state index contributed by atoms with van der Waals surface area (Å²) in [6.07, 6.45) is 1.83. The van der Waals surface area contributed by atoms with Gasteiger partial charge in [-0.3, -0.25) is 0 Å². The minimum atomic E-state index is 0.563. The lowest BCUT2D eigenvalue weighted by Gasteiger charge is -2.10. The quantitative estimate of drug-likeness (QED) is 0.752. The molecular weight excluding hydrogens is 326 g/mol. The molecule has 21 heavy (non-hydrogen) atoms. The minimum Gasteiger partial charge on any atom is -0.365 e. The van der Waals surface area contributed by atoms with Crippen LogP contribution in [0.25, 0.3) is 10.8 Å². The van der Waals surface area contributed by atoms with E-state index < -0.39 is 0 Å². The zero-order chi connectivity index (χ0) is 14.7. The highest BCUT2D eigenvalue weighted by Gasteiger charge is 2.04. The van der Waals surface area contributed by atoms with Gasteiger partial charge in [-0.15, -0.1) is 0 Å². The van der Waals surface area contributed by atoms with Crippen LogP contribution in [0.4, 0.5) is 5.82 Å². The summed E-state index contributed by atoms with van der Waals surface area (Å²) in [5.41, 5.74) is 8.02. The molecular formula is C17H16BrN3. The Kier molecular flexibility index (Phi) is 4.18. The highest BCUT2D eigenvalue weighted by atomic mass is 79.9. The smallest absolute Gasteiger partial charge is 0.134 e. The van der Waals surface area contributed by atoms with Gasteiger partial charge in [0.25, 0.3) is 0 Å². The Balaban J connectivity index is 1.87. The molecule has 2 aromatic carbocycles. The predicted molar refractivity (Wildman–Crippen MR) is 91.1 cm³/mol. The van der Waals surface area contributed by atoms with Crippen LogP contribution >= 0.6 is 15.9 Å². The van der Waals surface area contributed by atoms with E-state index in [0.29, 0.717) is 6.54 Å². The first-order valence-corrected chi connectivity index (χ1v) is 7.62. The van der Waals surface area contributed by atoms with Crippen LogP contribution in [0.2, 0.25) is 0 Å². The van der Waals surface area contributed by atoms with Crippen molar-refractivity contribution in [2.24, 2.45) is 5.73 Å². The number of halogens is 1. The van der Waals surface area contributed by atoms with Crippen LogP contribution in [0, 0.1) is 0 Å². The molecule has 0 aliphatic carbocycles. The van der Waals surface area contributed by atoms with Gasteiger partial charge in [0.15, 0.2) is 0 Å². The number of rotatable bonds is 4. The Hall–Kier alpha value is -1.91. The van der Waals surface area contributed by atoms with E-state index in [9.17, 15) is 0 Å². The third-order valence-corrected chi connectivity index (χ3v) is 4.13. The molecule has 1 aromatic heterocycles. The van der Waals surface area contributed by atoms with Crippen molar-refractivity contribution in [3.05, 3.63) is 70.3 Å². The Morgan fingerprint density at radius 1 is 1.00 bits per heavy atom. The van der Waals surface area contributed by atoms with Gasteiger partial charge in [-0.2, -0.15) is 0 Å². The number of nitrogens with two attached hydrogens (primary N) is 1. The maximum Gasteiger partial charge on any atom is 0.134 e. The monoisotopic (exact) mass is 341 g/mol. The summed E-state index contributed by atoms with van der Waals surface area (Å²) < 4.78 is 1.08. The van der Waals surface area contributed by atoms with E-state index in [1.807, 2.05) is 36.5 Å². The summed E-state index contributed by atoms with van der Waals surface area (Å²) in [4.78, 5) is 4.45. The Morgan fingerprint density at radius 2 is 1.81 bits per heavy atom. The van der Waals surface area contributed by atoms with Crippen LogP contribution in [0.15, 0.2) is 59.2 Å². The summed E-state index contributed by atoms with van der Waals surface area (Å²) in [6, 6.07) is 16.4. The molecule has 3 N–H and O–H groups in total. The maximum atomic E-state index is 5.68. The van der Waals surface area contributed by atoms with E-state index in [0.717, 1.165) is 33.2 Å². The first kappa shape index (κ1) is 14.0. The van der Waals surface area contributed by atoms with Crippen LogP contribution in [-0.4, -0.2) is 4.98 Å². The average molecular weight is 342 g/mol. The first-order valence-electron chi connectivity index (χ1n) is 6.83. The third-order valence-electron chi connectivity index (χ3n) is 3.44. The molecule has 0 spiro atoms. The number of hydrogen-bond acceptors (Lipinski definition) is 3. The summed E-state index contributed by atoms with van der Waals surface area (Å²) in [6.45, 7) is 1.29. The number of nitrogens with zero attached hydrogens (tertiary/aromatic N) is 1. The van der Waals surface area contributed by atoms with Crippen molar-refractivity contribution in [3.8, 4) is 0 Å². The van der Waals surface area contributed by atoms with Crippen molar-refractivity contribution >= 4 is 32.5 Å². The van der Waals surface area contributed by atoms with Gasteiger partial charge in [0.1, 0.15) is 5.82 Å². The molecule has 106 valence electrons. The Labute approximate surface area is 132 Å². The van der Waals surface area contributed by atoms with Crippen LogP contribution in [0.5, 0.6) is 0 Å². The van der Waals surface area contributed by atoms with Gasteiger partial charge in [-0.25, -0.2) is 4.98 Å². The molecule has 0 bridgehead atoms. The molecule has 0 aliphatic heterocycles. The molecule has 0 saturated carbocycles. The second-order valence-corrected chi connectivity index (χ2v) is 5.73. The molecule has 0 fully saturated rings. The van der Waals surface area contributed by atoms with E-state index >= 15 is 0 Å². The SMILES string of the molecule is NCc1cccc(CNc2nccc3c(Br)cccc23)c1. The normalized spacial score (nSPS) is 10.8. The molecule has 3 aromatic rings. The number of nitrogens with one attached hydrogen (secondary N) is 1. The van der Waals surface area contributed by atoms with E-state index in [-0.39, 0.29) is 0 Å². The average Bonchev–Trinajstić information content (AvgIpc) is 2.53. The van der Waals surface area contributed by atoms with E-state index in [1.54, 1.807) is 0 Å². The number of pyridine rings is 1. The molecule has 0 amide bonds. The Morgan fingerprint density at radius 3 is 2.67 bits per heavy atom. The molecule has 1 heterocycles. The summed E-state index contributed by atoms with van der Waals surface area (Å²) in [7, 11) is 0. The molecule has 0 aliphatic rings. The zero-order valence-electron chi connectivity index (χ0n) is 11.5. The van der Waals surface area contributed by atoms with Crippen molar-refractivity contribution in [2.45, 2.75) is 13.1 Å². The zero-order valence-corrected chi connectivity index (χ0v) is 13.1. The van der Waals surface area contributed by atoms with Gasteiger partial charge in [0, 0.05) is 34.5 Å². The molecule has 3 rings (SSSR count). The van der Waals surface area contributed by atoms with Gasteiger partial charge in [-0.1, -0.05) is 52.3 Å². The van der Waals surface area contributed by atoms with E-state index in [4.69, 9.17) is 5.73 Å². The van der Waals surface area contributed by atoms with Gasteiger partial charge in [-0.05, 0) is 23.3 Å². The van der Waals surface area contributed by atoms with Crippen molar-refractivity contribution in [2.75, 3.05) is 5.32 Å². The molecule has 0 radical (unpaired) electrons. The second kappa shape index (κ2) is 6.24. The predicted octanol–water partition coefficient (Wildman–Crippen LogP) is 4.07. The van der Waals surface area contributed by atoms with Gasteiger partial charge >= 0.3 is 0 Å². The van der Waals surface area contributed by atoms with E-state index in [2.05, 4.69) is 44.4 Å². The largest absolute Gasteiger partial charge is 0.365 e. The van der Waals surface area contributed by atoms with Crippen LogP contribution in [0.3, 0.4) is 0 Å². The highest BCUT2D eigenvalue weighted by Crippen LogP contribution is 2.27. The lowest BCUT2D eigenvalue weighted by Crippen LogP contribution is -2.03. The lowest BCUT2D eigenvalue weighted by atomic mass is 10.1. The second-order valence-electron chi connectivity index (χ2n) is 4.87. The number of aromatic nitrogens is 1. The van der Waals surface area contributed by atoms with Crippen molar-refractivity contribution in [1.29, 1.82) is 0 Å². The third kappa shape index (κ3) is 3.06. The van der Waals surface area contributed by atoms with Crippen LogP contribution in [-0.2, 0) is 13.1 Å². The Bertz CT molecular complexity index is 771. The maximum absolute atomic E-state index is 5.68.